The van der Waals surface area contributed by atoms with Crippen molar-refractivity contribution in [1.82, 2.24) is 9.88 Å². The third-order valence-corrected chi connectivity index (χ3v) is 4.40. The summed E-state index contributed by atoms with van der Waals surface area (Å²) < 4.78 is 0. The average Bonchev–Trinajstić information content (AvgIpc) is 2.86. The number of anilines is 1. The summed E-state index contributed by atoms with van der Waals surface area (Å²) in [5.41, 5.74) is 2.56. The van der Waals surface area contributed by atoms with Crippen molar-refractivity contribution in [1.29, 1.82) is 0 Å². The molecule has 0 aliphatic carbocycles. The lowest BCUT2D eigenvalue weighted by molar-refractivity contribution is 0.386. The number of likely N-dealkylation sites (tertiary alicyclic amines) is 1. The number of hydrogen-bond donors (Lipinski definition) is 0. The molecular weight excluding hydrogens is 222 g/mol. The van der Waals surface area contributed by atoms with E-state index in [-0.39, 0.29) is 0 Å². The second-order valence-electron chi connectivity index (χ2n) is 5.88. The molecule has 0 N–H and O–H groups in total. The number of nitrogens with zero attached hydrogens (tertiary/aromatic N) is 3. The molecule has 0 unspecified atom stereocenters. The minimum Gasteiger partial charge on any atom is -0.352 e. The first-order chi connectivity index (χ1) is 8.67. The maximum absolute atomic E-state index is 4.83. The topological polar surface area (TPSA) is 19.4 Å². The minimum atomic E-state index is 0.689. The van der Waals surface area contributed by atoms with Crippen LogP contribution in [0.1, 0.15) is 24.6 Å². The van der Waals surface area contributed by atoms with Gasteiger partial charge < -0.3 is 9.80 Å². The highest BCUT2D eigenvalue weighted by Gasteiger charge is 2.40. The minimum absolute atomic E-state index is 0.689. The van der Waals surface area contributed by atoms with Crippen molar-refractivity contribution in [3.63, 3.8) is 0 Å². The van der Waals surface area contributed by atoms with Gasteiger partial charge in [-0.2, -0.15) is 0 Å². The van der Waals surface area contributed by atoms with E-state index in [1.54, 1.807) is 0 Å². The zero-order valence-electron chi connectivity index (χ0n) is 11.7. The number of hydrogen-bond acceptors (Lipinski definition) is 3. The summed E-state index contributed by atoms with van der Waals surface area (Å²) in [5, 5.41) is 0. The van der Waals surface area contributed by atoms with Gasteiger partial charge in [-0.3, -0.25) is 0 Å². The van der Waals surface area contributed by atoms with Crippen LogP contribution in [-0.4, -0.2) is 42.6 Å². The molecule has 2 fully saturated rings. The van der Waals surface area contributed by atoms with Crippen molar-refractivity contribution in [2.24, 2.45) is 5.92 Å². The Bertz CT molecular complexity index is 443. The normalized spacial score (nSPS) is 27.8. The SMILES string of the molecule is CCc1cc(C)cc(N2CC[C@@H]3CN(C)C[C@@H]32)n1. The Labute approximate surface area is 110 Å². The lowest BCUT2D eigenvalue weighted by Crippen LogP contribution is -2.35. The van der Waals surface area contributed by atoms with Crippen LogP contribution in [0, 0.1) is 12.8 Å². The van der Waals surface area contributed by atoms with Gasteiger partial charge in [0.25, 0.3) is 0 Å². The maximum Gasteiger partial charge on any atom is 0.129 e. The van der Waals surface area contributed by atoms with E-state index in [0.717, 1.165) is 12.3 Å². The molecule has 3 heteroatoms. The summed E-state index contributed by atoms with van der Waals surface area (Å²) in [6.07, 6.45) is 2.35. The Morgan fingerprint density at radius 3 is 2.94 bits per heavy atom. The van der Waals surface area contributed by atoms with E-state index in [4.69, 9.17) is 4.98 Å². The first-order valence-electron chi connectivity index (χ1n) is 7.10. The van der Waals surface area contributed by atoms with Gasteiger partial charge in [0, 0.05) is 31.4 Å². The molecule has 3 heterocycles. The highest BCUT2D eigenvalue weighted by molar-refractivity contribution is 5.45. The molecular formula is C15H23N3. The van der Waals surface area contributed by atoms with Gasteiger partial charge >= 0.3 is 0 Å². The Morgan fingerprint density at radius 2 is 2.17 bits per heavy atom. The van der Waals surface area contributed by atoms with Gasteiger partial charge in [-0.1, -0.05) is 6.92 Å². The lowest BCUT2D eigenvalue weighted by Gasteiger charge is -2.26. The summed E-state index contributed by atoms with van der Waals surface area (Å²) in [4.78, 5) is 9.83. The zero-order chi connectivity index (χ0) is 12.7. The van der Waals surface area contributed by atoms with E-state index >= 15 is 0 Å². The van der Waals surface area contributed by atoms with Crippen molar-refractivity contribution < 1.29 is 0 Å². The lowest BCUT2D eigenvalue weighted by atomic mass is 10.1. The maximum atomic E-state index is 4.83. The van der Waals surface area contributed by atoms with Crippen molar-refractivity contribution in [2.75, 3.05) is 31.6 Å². The van der Waals surface area contributed by atoms with Crippen LogP contribution in [0.5, 0.6) is 0 Å². The van der Waals surface area contributed by atoms with E-state index in [2.05, 4.69) is 42.8 Å². The van der Waals surface area contributed by atoms with Gasteiger partial charge in [0.05, 0.1) is 0 Å². The van der Waals surface area contributed by atoms with Gasteiger partial charge in [-0.05, 0) is 50.4 Å². The van der Waals surface area contributed by atoms with Crippen LogP contribution in [-0.2, 0) is 6.42 Å². The van der Waals surface area contributed by atoms with E-state index in [0.29, 0.717) is 6.04 Å². The Hall–Kier alpha value is -1.09. The third kappa shape index (κ3) is 2.01. The highest BCUT2D eigenvalue weighted by Crippen LogP contribution is 2.34. The van der Waals surface area contributed by atoms with E-state index in [1.807, 2.05) is 0 Å². The molecule has 3 nitrogen and oxygen atoms in total. The second-order valence-corrected chi connectivity index (χ2v) is 5.88. The van der Waals surface area contributed by atoms with Gasteiger partial charge in [0.15, 0.2) is 0 Å². The van der Waals surface area contributed by atoms with Crippen LogP contribution in [0.25, 0.3) is 0 Å². The largest absolute Gasteiger partial charge is 0.352 e. The second kappa shape index (κ2) is 4.54. The highest BCUT2D eigenvalue weighted by atomic mass is 15.3. The fourth-order valence-electron chi connectivity index (χ4n) is 3.50. The fourth-order valence-corrected chi connectivity index (χ4v) is 3.50. The molecule has 1 aromatic rings. The molecule has 0 aromatic carbocycles. The van der Waals surface area contributed by atoms with Crippen LogP contribution in [0.15, 0.2) is 12.1 Å². The fraction of sp³-hybridized carbons (Fsp3) is 0.667. The molecule has 2 atom stereocenters. The predicted octanol–water partition coefficient (Wildman–Crippen LogP) is 2.09. The van der Waals surface area contributed by atoms with Crippen molar-refractivity contribution >= 4 is 5.82 Å². The smallest absolute Gasteiger partial charge is 0.129 e. The molecule has 2 saturated heterocycles. The van der Waals surface area contributed by atoms with Gasteiger partial charge in [-0.25, -0.2) is 4.98 Å². The molecule has 0 radical (unpaired) electrons. The van der Waals surface area contributed by atoms with Crippen LogP contribution in [0.4, 0.5) is 5.82 Å². The van der Waals surface area contributed by atoms with Crippen molar-refractivity contribution in [3.8, 4) is 0 Å². The van der Waals surface area contributed by atoms with Crippen LogP contribution >= 0.6 is 0 Å². The van der Waals surface area contributed by atoms with Crippen molar-refractivity contribution in [3.05, 3.63) is 23.4 Å². The number of rotatable bonds is 2. The molecule has 98 valence electrons. The van der Waals surface area contributed by atoms with E-state index in [9.17, 15) is 0 Å². The van der Waals surface area contributed by atoms with E-state index in [1.165, 1.54) is 43.1 Å². The van der Waals surface area contributed by atoms with Crippen LogP contribution in [0.3, 0.4) is 0 Å². The molecule has 2 aliphatic heterocycles. The number of pyridine rings is 1. The predicted molar refractivity (Wildman–Crippen MR) is 75.1 cm³/mol. The quantitative estimate of drug-likeness (QED) is 0.795. The first kappa shape index (κ1) is 12.0. The average molecular weight is 245 g/mol. The third-order valence-electron chi connectivity index (χ3n) is 4.40. The molecule has 0 bridgehead atoms. The first-order valence-corrected chi connectivity index (χ1v) is 7.10. The summed E-state index contributed by atoms with van der Waals surface area (Å²) >= 11 is 0. The molecule has 3 rings (SSSR count). The summed E-state index contributed by atoms with van der Waals surface area (Å²) in [5.74, 6) is 2.05. The Morgan fingerprint density at radius 1 is 1.33 bits per heavy atom. The molecule has 0 saturated carbocycles. The van der Waals surface area contributed by atoms with Gasteiger partial charge in [0.2, 0.25) is 0 Å². The number of aromatic nitrogens is 1. The van der Waals surface area contributed by atoms with Crippen LogP contribution in [0.2, 0.25) is 0 Å². The molecule has 2 aliphatic rings. The van der Waals surface area contributed by atoms with Gasteiger partial charge in [0.1, 0.15) is 5.82 Å². The van der Waals surface area contributed by atoms with Crippen molar-refractivity contribution in [2.45, 2.75) is 32.7 Å². The molecule has 18 heavy (non-hydrogen) atoms. The number of likely N-dealkylation sites (N-methyl/N-ethyl adjacent to an activating group) is 1. The molecule has 1 aromatic heterocycles. The number of fused-ring (bicyclic) bond motifs is 1. The Kier molecular flexibility index (Phi) is 3.02. The zero-order valence-corrected chi connectivity index (χ0v) is 11.7. The Balaban J connectivity index is 1.88. The summed E-state index contributed by atoms with van der Waals surface area (Å²) in [7, 11) is 2.23. The van der Waals surface area contributed by atoms with Gasteiger partial charge in [-0.15, -0.1) is 0 Å². The number of aryl methyl sites for hydroxylation is 2. The van der Waals surface area contributed by atoms with E-state index < -0.39 is 0 Å². The standard InChI is InChI=1S/C15H23N3/c1-4-13-7-11(2)8-15(16-13)18-6-5-12-9-17(3)10-14(12)18/h7-8,12,14H,4-6,9-10H2,1-3H3/t12-,14+/m1/s1. The summed E-state index contributed by atoms with van der Waals surface area (Å²) in [6.45, 7) is 8.00. The molecule has 0 spiro atoms. The summed E-state index contributed by atoms with van der Waals surface area (Å²) in [6, 6.07) is 5.14. The molecule has 0 amide bonds. The monoisotopic (exact) mass is 245 g/mol. The van der Waals surface area contributed by atoms with Crippen LogP contribution < -0.4 is 4.90 Å².